The second kappa shape index (κ2) is 5.95. The Morgan fingerprint density at radius 2 is 1.77 bits per heavy atom. The smallest absolute Gasteiger partial charge is 0.491 e. The molecule has 1 aliphatic rings. The number of rotatable bonds is 4. The maximum Gasteiger partial charge on any atom is 0.491 e. The summed E-state index contributed by atoms with van der Waals surface area (Å²) in [7, 11) is 1.36. The predicted molar refractivity (Wildman–Crippen MR) is 87.8 cm³/mol. The van der Waals surface area contributed by atoms with Gasteiger partial charge in [0.2, 0.25) is 0 Å². The number of likely N-dealkylation sites (N-methyl/N-ethyl adjacent to an activating group) is 1. The molecule has 1 aromatic carbocycles. The van der Waals surface area contributed by atoms with Crippen LogP contribution in [0.3, 0.4) is 0 Å². The van der Waals surface area contributed by atoms with E-state index in [-0.39, 0.29) is 11.5 Å². The third-order valence-electron chi connectivity index (χ3n) is 4.29. The molecule has 5 nitrogen and oxygen atoms in total. The number of nitrogens with one attached hydrogen (secondary N) is 1. The minimum atomic E-state index is -0.481. The summed E-state index contributed by atoms with van der Waals surface area (Å²) >= 11 is 0. The first kappa shape index (κ1) is 16.9. The summed E-state index contributed by atoms with van der Waals surface area (Å²) in [5.41, 5.74) is 0.656. The molecule has 1 aliphatic heterocycles. The molecule has 22 heavy (non-hydrogen) atoms. The van der Waals surface area contributed by atoms with Crippen LogP contribution in [0.1, 0.15) is 33.3 Å². The first-order valence-electron chi connectivity index (χ1n) is 7.39. The van der Waals surface area contributed by atoms with Crippen molar-refractivity contribution >= 4 is 13.2 Å². The molecule has 0 aromatic heterocycles. The molecular weight excluding hydrogens is 281 g/mol. The summed E-state index contributed by atoms with van der Waals surface area (Å²) < 4.78 is 12.1. The van der Waals surface area contributed by atoms with Crippen molar-refractivity contribution in [2.45, 2.75) is 38.9 Å². The quantitative estimate of drug-likeness (QED) is 0.745. The van der Waals surface area contributed by atoms with Gasteiger partial charge in [0.1, 0.15) is 11.5 Å². The fourth-order valence-electron chi connectivity index (χ4n) is 2.25. The maximum absolute atomic E-state index is 9.95. The molecule has 1 heterocycles. The summed E-state index contributed by atoms with van der Waals surface area (Å²) in [6.07, 6.45) is 1.83. The van der Waals surface area contributed by atoms with Gasteiger partial charge in [-0.15, -0.1) is 0 Å². The Labute approximate surface area is 132 Å². The van der Waals surface area contributed by atoms with Crippen molar-refractivity contribution in [2.75, 3.05) is 13.6 Å². The lowest BCUT2D eigenvalue weighted by atomic mass is 9.77. The van der Waals surface area contributed by atoms with Gasteiger partial charge in [0.15, 0.2) is 0 Å². The molecule has 1 fully saturated rings. The Morgan fingerprint density at radius 1 is 1.18 bits per heavy atom. The minimum Gasteiger partial charge on any atom is -0.508 e. The zero-order valence-corrected chi connectivity index (χ0v) is 13.8. The second-order valence-electron chi connectivity index (χ2n) is 6.58. The Hall–Kier alpha value is -1.50. The summed E-state index contributed by atoms with van der Waals surface area (Å²) in [6, 6.07) is 4.51. The van der Waals surface area contributed by atoms with Crippen LogP contribution >= 0.6 is 0 Å². The highest BCUT2D eigenvalue weighted by atomic mass is 16.7. The van der Waals surface area contributed by atoms with Crippen molar-refractivity contribution in [3.05, 3.63) is 29.2 Å². The van der Waals surface area contributed by atoms with E-state index in [9.17, 15) is 10.2 Å². The van der Waals surface area contributed by atoms with Gasteiger partial charge in [0.05, 0.1) is 11.2 Å². The van der Waals surface area contributed by atoms with E-state index in [4.69, 9.17) is 9.31 Å². The van der Waals surface area contributed by atoms with Gasteiger partial charge >= 0.3 is 7.12 Å². The lowest BCUT2D eigenvalue weighted by molar-refractivity contribution is 0.00578. The number of benzene rings is 1. The molecule has 3 N–H and O–H groups in total. The molecule has 0 atom stereocenters. The Kier molecular flexibility index (Phi) is 4.56. The van der Waals surface area contributed by atoms with E-state index in [1.54, 1.807) is 6.07 Å². The Bertz CT molecular complexity index is 568. The van der Waals surface area contributed by atoms with Crippen LogP contribution in [0.25, 0.3) is 6.08 Å². The van der Waals surface area contributed by atoms with Gasteiger partial charge in [-0.1, -0.05) is 6.08 Å². The fourth-order valence-corrected chi connectivity index (χ4v) is 2.25. The molecule has 0 spiro atoms. The van der Waals surface area contributed by atoms with E-state index in [0.29, 0.717) is 12.1 Å². The van der Waals surface area contributed by atoms with Gasteiger partial charge in [-0.25, -0.2) is 0 Å². The predicted octanol–water partition coefficient (Wildman–Crippen LogP) is 2.33. The highest BCUT2D eigenvalue weighted by molar-refractivity contribution is 6.56. The molecule has 0 unspecified atom stereocenters. The van der Waals surface area contributed by atoms with E-state index in [0.717, 1.165) is 5.47 Å². The first-order valence-corrected chi connectivity index (χ1v) is 7.39. The summed E-state index contributed by atoms with van der Waals surface area (Å²) in [5.74, 6) is 0.0468. The lowest BCUT2D eigenvalue weighted by Gasteiger charge is -2.32. The van der Waals surface area contributed by atoms with E-state index in [1.165, 1.54) is 12.1 Å². The van der Waals surface area contributed by atoms with Crippen molar-refractivity contribution in [3.8, 4) is 11.5 Å². The van der Waals surface area contributed by atoms with Crippen LogP contribution in [0.15, 0.2) is 23.7 Å². The molecule has 0 bridgehead atoms. The van der Waals surface area contributed by atoms with E-state index in [2.05, 4.69) is 5.32 Å². The molecular formula is C16H24BNO4. The first-order chi connectivity index (χ1) is 10.2. The molecule has 0 radical (unpaired) electrons. The fraction of sp³-hybridized carbons (Fsp3) is 0.500. The van der Waals surface area contributed by atoms with E-state index >= 15 is 0 Å². The van der Waals surface area contributed by atoms with Crippen LogP contribution in [-0.2, 0) is 9.31 Å². The molecule has 2 rings (SSSR count). The van der Waals surface area contributed by atoms with Crippen molar-refractivity contribution < 1.29 is 19.5 Å². The van der Waals surface area contributed by atoms with Gasteiger partial charge in [-0.2, -0.15) is 0 Å². The lowest BCUT2D eigenvalue weighted by Crippen LogP contribution is -2.41. The van der Waals surface area contributed by atoms with Gasteiger partial charge in [0, 0.05) is 18.2 Å². The van der Waals surface area contributed by atoms with Crippen LogP contribution in [0.2, 0.25) is 0 Å². The third kappa shape index (κ3) is 3.29. The van der Waals surface area contributed by atoms with Crippen molar-refractivity contribution in [3.63, 3.8) is 0 Å². The van der Waals surface area contributed by atoms with Gasteiger partial charge < -0.3 is 24.8 Å². The zero-order chi connectivity index (χ0) is 16.5. The minimum absolute atomic E-state index is 0.0186. The molecule has 1 aromatic rings. The van der Waals surface area contributed by atoms with Crippen molar-refractivity contribution in [1.29, 1.82) is 0 Å². The van der Waals surface area contributed by atoms with Crippen molar-refractivity contribution in [2.24, 2.45) is 0 Å². The number of hydrogen-bond acceptors (Lipinski definition) is 5. The molecule has 120 valence electrons. The second-order valence-corrected chi connectivity index (χ2v) is 6.58. The molecule has 0 amide bonds. The average molecular weight is 305 g/mol. The number of phenolic OH excluding ortho intramolecular Hbond substituents is 2. The Balaban J connectivity index is 2.33. The Morgan fingerprint density at radius 3 is 2.27 bits per heavy atom. The van der Waals surface area contributed by atoms with Crippen LogP contribution in [-0.4, -0.2) is 42.1 Å². The third-order valence-corrected chi connectivity index (χ3v) is 4.29. The van der Waals surface area contributed by atoms with Gasteiger partial charge in [-0.3, -0.25) is 0 Å². The number of aromatic hydroxyl groups is 2. The van der Waals surface area contributed by atoms with E-state index < -0.39 is 18.3 Å². The molecule has 0 aliphatic carbocycles. The largest absolute Gasteiger partial charge is 0.508 e. The maximum atomic E-state index is 9.95. The highest BCUT2D eigenvalue weighted by Crippen LogP contribution is 2.39. The number of phenols is 2. The normalized spacial score (nSPS) is 20.4. The van der Waals surface area contributed by atoms with Crippen LogP contribution in [0.4, 0.5) is 0 Å². The average Bonchev–Trinajstić information content (AvgIpc) is 2.61. The van der Waals surface area contributed by atoms with Crippen molar-refractivity contribution in [1.82, 2.24) is 5.32 Å². The van der Waals surface area contributed by atoms with Crippen LogP contribution < -0.4 is 5.32 Å². The highest BCUT2D eigenvalue weighted by Gasteiger charge is 2.52. The zero-order valence-electron chi connectivity index (χ0n) is 13.8. The monoisotopic (exact) mass is 305 g/mol. The SMILES string of the molecule is CNCC(=Cc1ccc(O)cc1O)B1OC(C)(C)C(C)(C)O1. The van der Waals surface area contributed by atoms with Crippen LogP contribution in [0, 0.1) is 0 Å². The number of hydrogen-bond donors (Lipinski definition) is 3. The molecule has 6 heteroatoms. The van der Waals surface area contributed by atoms with Gasteiger partial charge in [0.25, 0.3) is 0 Å². The molecule has 0 saturated carbocycles. The topological polar surface area (TPSA) is 71.0 Å². The molecule has 1 saturated heterocycles. The summed E-state index contributed by atoms with van der Waals surface area (Å²) in [6.45, 7) is 8.57. The summed E-state index contributed by atoms with van der Waals surface area (Å²) in [4.78, 5) is 0. The van der Waals surface area contributed by atoms with Crippen LogP contribution in [0.5, 0.6) is 11.5 Å². The van der Waals surface area contributed by atoms with E-state index in [1.807, 2.05) is 40.8 Å². The van der Waals surface area contributed by atoms with Gasteiger partial charge in [-0.05, 0) is 52.3 Å². The summed E-state index contributed by atoms with van der Waals surface area (Å²) in [5, 5.41) is 22.4. The standard InChI is InChI=1S/C16H24BNO4/c1-15(2)16(3,4)22-17(21-15)12(10-18-5)8-11-6-7-13(19)9-14(11)20/h6-9,18-20H,10H2,1-5H3.